The third-order valence-corrected chi connectivity index (χ3v) is 13.0. The lowest BCUT2D eigenvalue weighted by molar-refractivity contribution is -0.247. The molecule has 4 fully saturated rings. The molecule has 4 saturated carbocycles. The Labute approximate surface area is 207 Å². The Morgan fingerprint density at radius 3 is 2.32 bits per heavy atom. The van der Waals surface area contributed by atoms with Gasteiger partial charge in [-0.25, -0.2) is 0 Å². The average molecular weight is 475 g/mol. The van der Waals surface area contributed by atoms with Crippen molar-refractivity contribution in [1.29, 1.82) is 0 Å². The van der Waals surface area contributed by atoms with E-state index in [1.807, 2.05) is 0 Å². The van der Waals surface area contributed by atoms with Crippen molar-refractivity contribution in [3.05, 3.63) is 11.6 Å². The van der Waals surface area contributed by atoms with Crippen molar-refractivity contribution in [1.82, 2.24) is 0 Å². The number of hydrogen-bond donors (Lipinski definition) is 4. The van der Waals surface area contributed by atoms with Crippen LogP contribution in [0.3, 0.4) is 0 Å². The molecule has 0 amide bonds. The Bertz CT molecular complexity index is 838. The van der Waals surface area contributed by atoms with Crippen molar-refractivity contribution in [3.8, 4) is 0 Å². The van der Waals surface area contributed by atoms with E-state index in [-0.39, 0.29) is 30.0 Å². The molecule has 4 nitrogen and oxygen atoms in total. The third-order valence-electron chi connectivity index (χ3n) is 13.0. The van der Waals surface area contributed by atoms with E-state index in [9.17, 15) is 20.4 Å². The summed E-state index contributed by atoms with van der Waals surface area (Å²) in [7, 11) is 0. The highest BCUT2D eigenvalue weighted by Gasteiger charge is 2.70. The highest BCUT2D eigenvalue weighted by atomic mass is 16.3. The molecular weight excluding hydrogens is 424 g/mol. The summed E-state index contributed by atoms with van der Waals surface area (Å²) in [6.45, 7) is 14.2. The molecule has 34 heavy (non-hydrogen) atoms. The number of allylic oxidation sites excluding steroid dienone is 1. The fourth-order valence-electron chi connectivity index (χ4n) is 10.3. The van der Waals surface area contributed by atoms with Crippen molar-refractivity contribution in [3.63, 3.8) is 0 Å². The fourth-order valence-corrected chi connectivity index (χ4v) is 10.3. The van der Waals surface area contributed by atoms with Gasteiger partial charge in [-0.05, 0) is 104 Å². The highest BCUT2D eigenvalue weighted by Crippen LogP contribution is 2.72. The van der Waals surface area contributed by atoms with Gasteiger partial charge in [-0.1, -0.05) is 53.2 Å². The monoisotopic (exact) mass is 474 g/mol. The van der Waals surface area contributed by atoms with Gasteiger partial charge in [-0.15, -0.1) is 0 Å². The van der Waals surface area contributed by atoms with E-state index >= 15 is 0 Å². The van der Waals surface area contributed by atoms with Gasteiger partial charge in [-0.2, -0.15) is 0 Å². The maximum atomic E-state index is 12.4. The fraction of sp³-hybridized carbons (Fsp3) is 0.933. The van der Waals surface area contributed by atoms with Crippen LogP contribution in [0.15, 0.2) is 11.6 Å². The van der Waals surface area contributed by atoms with Gasteiger partial charge < -0.3 is 20.4 Å². The van der Waals surface area contributed by atoms with Gasteiger partial charge in [0.2, 0.25) is 0 Å². The van der Waals surface area contributed by atoms with E-state index in [1.165, 1.54) is 6.42 Å². The molecule has 0 aromatic heterocycles. The maximum Gasteiger partial charge on any atom is 0.103 e. The lowest BCUT2D eigenvalue weighted by Crippen LogP contribution is -2.69. The number of aliphatic hydroxyl groups excluding tert-OH is 3. The predicted octanol–water partition coefficient (Wildman–Crippen LogP) is 4.94. The van der Waals surface area contributed by atoms with Crippen LogP contribution in [0.25, 0.3) is 0 Å². The number of aliphatic hydroxyl groups is 4. The Balaban J connectivity index is 1.45. The standard InChI is InChI=1S/C30H50O4/c1-17(2)18(3)27(4)14-25(27)21(16-31)22-9-10-23-24-8-7-19-13-20(32)11-12-29(19,6)30(24,34)26(33)15-28(22,23)5/h7,17-18,20-26,31-34H,8-16H2,1-6H3/t18-,20+,21+,22-,23+,24+,25-,26-,27-,28-,29+,30+/m1/s1. The molecule has 0 heterocycles. The minimum Gasteiger partial charge on any atom is -0.396 e. The molecule has 4 heteroatoms. The summed E-state index contributed by atoms with van der Waals surface area (Å²) in [5, 5.41) is 45.1. The molecule has 0 saturated heterocycles. The summed E-state index contributed by atoms with van der Waals surface area (Å²) in [6.07, 6.45) is 8.09. The largest absolute Gasteiger partial charge is 0.396 e. The zero-order chi connectivity index (χ0) is 24.8. The maximum absolute atomic E-state index is 12.4. The summed E-state index contributed by atoms with van der Waals surface area (Å²) in [5.74, 6) is 2.95. The van der Waals surface area contributed by atoms with Crippen LogP contribution in [0.4, 0.5) is 0 Å². The van der Waals surface area contributed by atoms with Crippen molar-refractivity contribution in [2.45, 2.75) is 111 Å². The van der Waals surface area contributed by atoms with Gasteiger partial charge in [0.25, 0.3) is 0 Å². The van der Waals surface area contributed by atoms with Gasteiger partial charge >= 0.3 is 0 Å². The van der Waals surface area contributed by atoms with Crippen LogP contribution in [0, 0.1) is 57.7 Å². The van der Waals surface area contributed by atoms with E-state index in [1.54, 1.807) is 0 Å². The van der Waals surface area contributed by atoms with Crippen molar-refractivity contribution in [2.75, 3.05) is 6.61 Å². The van der Waals surface area contributed by atoms with Crippen molar-refractivity contribution in [2.24, 2.45) is 57.7 Å². The highest BCUT2D eigenvalue weighted by molar-refractivity contribution is 5.32. The van der Waals surface area contributed by atoms with E-state index in [0.29, 0.717) is 54.3 Å². The lowest BCUT2D eigenvalue weighted by Gasteiger charge is -2.64. The summed E-state index contributed by atoms with van der Waals surface area (Å²) in [5.41, 5.74) is -0.156. The molecule has 194 valence electrons. The normalized spacial score (nSPS) is 54.0. The quantitative estimate of drug-likeness (QED) is 0.426. The Hall–Kier alpha value is -0.420. The first kappa shape index (κ1) is 25.2. The molecule has 0 radical (unpaired) electrons. The second-order valence-corrected chi connectivity index (χ2v) is 14.3. The number of fused-ring (bicyclic) bond motifs is 5. The molecule has 0 spiro atoms. The second-order valence-electron chi connectivity index (χ2n) is 14.3. The van der Waals surface area contributed by atoms with Crippen LogP contribution < -0.4 is 0 Å². The molecule has 0 bridgehead atoms. The van der Waals surface area contributed by atoms with Crippen LogP contribution in [-0.4, -0.2) is 44.8 Å². The summed E-state index contributed by atoms with van der Waals surface area (Å²) in [4.78, 5) is 0. The molecule has 5 rings (SSSR count). The first-order valence-electron chi connectivity index (χ1n) is 14.2. The second kappa shape index (κ2) is 8.04. The molecule has 4 N–H and O–H groups in total. The van der Waals surface area contributed by atoms with Crippen LogP contribution in [-0.2, 0) is 0 Å². The topological polar surface area (TPSA) is 80.9 Å². The summed E-state index contributed by atoms with van der Waals surface area (Å²) in [6, 6.07) is 0. The van der Waals surface area contributed by atoms with Crippen LogP contribution in [0.5, 0.6) is 0 Å². The van der Waals surface area contributed by atoms with E-state index in [0.717, 1.165) is 31.3 Å². The Morgan fingerprint density at radius 2 is 1.68 bits per heavy atom. The SMILES string of the molecule is CC(C)[C@@H](C)[C@@]1(C)C[C@@H]1[C@@H](CO)[C@H]1CC[C@H]2[C@@H]3CC=C4C[C@@H](O)CC[C@]4(C)[C@@]3(O)[C@H](O)C[C@]12C. The van der Waals surface area contributed by atoms with Crippen molar-refractivity contribution < 1.29 is 20.4 Å². The molecule has 0 aliphatic heterocycles. The zero-order valence-electron chi connectivity index (χ0n) is 22.4. The number of hydrogen-bond acceptors (Lipinski definition) is 4. The van der Waals surface area contributed by atoms with E-state index < -0.39 is 17.1 Å². The van der Waals surface area contributed by atoms with Gasteiger partial charge in [0, 0.05) is 12.0 Å². The molecule has 0 aromatic rings. The average Bonchev–Trinajstić information content (AvgIpc) is 3.35. The molecular formula is C30H50O4. The van der Waals surface area contributed by atoms with Gasteiger partial charge in [-0.3, -0.25) is 0 Å². The van der Waals surface area contributed by atoms with Crippen LogP contribution in [0.1, 0.15) is 92.9 Å². The third kappa shape index (κ3) is 3.17. The minimum atomic E-state index is -1.12. The Morgan fingerprint density at radius 1 is 0.971 bits per heavy atom. The lowest BCUT2D eigenvalue weighted by atomic mass is 9.43. The van der Waals surface area contributed by atoms with Gasteiger partial charge in [0.15, 0.2) is 0 Å². The zero-order valence-corrected chi connectivity index (χ0v) is 22.4. The minimum absolute atomic E-state index is 0.0507. The Kier molecular flexibility index (Phi) is 5.97. The predicted molar refractivity (Wildman–Crippen MR) is 135 cm³/mol. The van der Waals surface area contributed by atoms with Crippen LogP contribution >= 0.6 is 0 Å². The number of rotatable bonds is 5. The van der Waals surface area contributed by atoms with Gasteiger partial charge in [0.1, 0.15) is 5.60 Å². The summed E-state index contributed by atoms with van der Waals surface area (Å²) < 4.78 is 0. The molecule has 5 aliphatic rings. The first-order valence-corrected chi connectivity index (χ1v) is 14.2. The molecule has 12 atom stereocenters. The van der Waals surface area contributed by atoms with E-state index in [2.05, 4.69) is 47.6 Å². The molecule has 5 aliphatic carbocycles. The van der Waals surface area contributed by atoms with Gasteiger partial charge in [0.05, 0.1) is 12.2 Å². The first-order chi connectivity index (χ1) is 15.8. The smallest absolute Gasteiger partial charge is 0.103 e. The molecule has 0 unspecified atom stereocenters. The van der Waals surface area contributed by atoms with E-state index in [4.69, 9.17) is 0 Å². The molecule has 0 aromatic carbocycles. The van der Waals surface area contributed by atoms with Crippen LogP contribution in [0.2, 0.25) is 0 Å². The van der Waals surface area contributed by atoms with Crippen molar-refractivity contribution >= 4 is 0 Å². The summed E-state index contributed by atoms with van der Waals surface area (Å²) >= 11 is 0.